The third-order valence-electron chi connectivity index (χ3n) is 7.91. The lowest BCUT2D eigenvalue weighted by Gasteiger charge is -2.11. The quantitative estimate of drug-likeness (QED) is 0.243. The summed E-state index contributed by atoms with van der Waals surface area (Å²) in [5, 5.41) is 2.31. The Kier molecular flexibility index (Phi) is 3.11. The number of pyridine rings is 3. The van der Waals surface area contributed by atoms with Crippen molar-refractivity contribution in [1.82, 2.24) is 19.4 Å². The van der Waals surface area contributed by atoms with Gasteiger partial charge in [-0.2, -0.15) is 0 Å². The molecule has 2 aliphatic rings. The average molecular weight is 447 g/mol. The van der Waals surface area contributed by atoms with Gasteiger partial charge in [-0.25, -0.2) is 4.98 Å². The Morgan fingerprint density at radius 3 is 2.43 bits per heavy atom. The predicted octanol–water partition coefficient (Wildman–Crippen LogP) is 6.73. The van der Waals surface area contributed by atoms with E-state index >= 15 is 0 Å². The van der Waals surface area contributed by atoms with Crippen LogP contribution in [0, 0.1) is 0 Å². The van der Waals surface area contributed by atoms with Crippen LogP contribution >= 0.6 is 0 Å². The Hall–Kier alpha value is -4.57. The van der Waals surface area contributed by atoms with Crippen LogP contribution in [0.4, 0.5) is 0 Å². The molecule has 162 valence electrons. The summed E-state index contributed by atoms with van der Waals surface area (Å²) >= 11 is 0. The summed E-state index contributed by atoms with van der Waals surface area (Å²) in [6, 6.07) is 24.5. The Labute approximate surface area is 200 Å². The highest BCUT2D eigenvalue weighted by atomic mass is 15.0. The number of imidazole rings is 1. The summed E-state index contributed by atoms with van der Waals surface area (Å²) in [6.45, 7) is 0. The Balaban J connectivity index is 1.39. The average Bonchev–Trinajstić information content (AvgIpc) is 3.57. The number of aromatic nitrogens is 4. The zero-order valence-corrected chi connectivity index (χ0v) is 18.8. The minimum absolute atomic E-state index is 0.955. The van der Waals surface area contributed by atoms with E-state index in [1.165, 1.54) is 44.5 Å². The van der Waals surface area contributed by atoms with Crippen molar-refractivity contribution < 1.29 is 0 Å². The number of benzene rings is 3. The van der Waals surface area contributed by atoms with E-state index in [1.807, 2.05) is 30.7 Å². The summed E-state index contributed by atoms with van der Waals surface area (Å²) in [5.41, 5.74) is 16.1. The molecule has 7 aromatic rings. The highest BCUT2D eigenvalue weighted by Crippen LogP contribution is 2.46. The largest absolute Gasteiger partial charge is 0.289 e. The molecule has 4 heterocycles. The zero-order chi connectivity index (χ0) is 22.7. The molecule has 4 heteroatoms. The Morgan fingerprint density at radius 1 is 0.629 bits per heavy atom. The molecule has 4 aromatic heterocycles. The first-order valence-electron chi connectivity index (χ1n) is 12.0. The number of hydrogen-bond donors (Lipinski definition) is 0. The number of nitrogens with zero attached hydrogens (tertiary/aromatic N) is 4. The standard InChI is InChI=1S/C31H18N4/c1-2-5-21-17(4-1)10-18-11-19-12-20-13-26-25(15-24(20)23(19)14-22(18)21)30-28(6-3-8-33-30)35-29-16-32-9-7-27(29)34-31(26)35/h1-9,11,13-16H,10,12H2. The van der Waals surface area contributed by atoms with Crippen LogP contribution in [0.5, 0.6) is 0 Å². The zero-order valence-electron chi connectivity index (χ0n) is 18.8. The van der Waals surface area contributed by atoms with Crippen molar-refractivity contribution >= 4 is 38.5 Å². The van der Waals surface area contributed by atoms with Gasteiger partial charge in [0.15, 0.2) is 0 Å². The fourth-order valence-electron chi connectivity index (χ4n) is 6.39. The Bertz CT molecular complexity index is 2070. The lowest BCUT2D eigenvalue weighted by Crippen LogP contribution is -1.94. The number of rotatable bonds is 0. The summed E-state index contributed by atoms with van der Waals surface area (Å²) in [6.07, 6.45) is 7.58. The molecule has 0 saturated carbocycles. The van der Waals surface area contributed by atoms with Crippen LogP contribution in [0.25, 0.3) is 60.7 Å². The fraction of sp³-hybridized carbons (Fsp3) is 0.0645. The molecule has 0 atom stereocenters. The molecule has 4 nitrogen and oxygen atoms in total. The summed E-state index contributed by atoms with van der Waals surface area (Å²) in [5.74, 6) is 0. The van der Waals surface area contributed by atoms with E-state index in [4.69, 9.17) is 9.97 Å². The second kappa shape index (κ2) is 6.10. The second-order valence-electron chi connectivity index (χ2n) is 9.74. The van der Waals surface area contributed by atoms with E-state index in [-0.39, 0.29) is 0 Å². The molecule has 0 bridgehead atoms. The lowest BCUT2D eigenvalue weighted by molar-refractivity contribution is 1.21. The third-order valence-corrected chi connectivity index (χ3v) is 7.91. The van der Waals surface area contributed by atoms with Crippen molar-refractivity contribution in [3.8, 4) is 22.3 Å². The second-order valence-corrected chi connectivity index (χ2v) is 9.74. The normalized spacial score (nSPS) is 13.5. The van der Waals surface area contributed by atoms with Gasteiger partial charge in [0, 0.05) is 23.2 Å². The molecule has 0 aliphatic heterocycles. The molecule has 2 aliphatic carbocycles. The minimum Gasteiger partial charge on any atom is -0.289 e. The van der Waals surface area contributed by atoms with Crippen molar-refractivity contribution in [3.63, 3.8) is 0 Å². The van der Waals surface area contributed by atoms with Crippen LogP contribution in [0.1, 0.15) is 22.3 Å². The van der Waals surface area contributed by atoms with Gasteiger partial charge in [0.05, 0.1) is 28.3 Å². The van der Waals surface area contributed by atoms with Gasteiger partial charge in [-0.15, -0.1) is 0 Å². The first-order valence-corrected chi connectivity index (χ1v) is 12.0. The van der Waals surface area contributed by atoms with Crippen LogP contribution in [-0.4, -0.2) is 19.4 Å². The molecule has 0 unspecified atom stereocenters. The van der Waals surface area contributed by atoms with Gasteiger partial charge in [0.25, 0.3) is 0 Å². The van der Waals surface area contributed by atoms with Gasteiger partial charge < -0.3 is 0 Å². The van der Waals surface area contributed by atoms with Gasteiger partial charge >= 0.3 is 0 Å². The molecule has 0 radical (unpaired) electrons. The summed E-state index contributed by atoms with van der Waals surface area (Å²) < 4.78 is 2.22. The van der Waals surface area contributed by atoms with Crippen molar-refractivity contribution in [3.05, 3.63) is 108 Å². The van der Waals surface area contributed by atoms with Crippen molar-refractivity contribution in [2.24, 2.45) is 0 Å². The van der Waals surface area contributed by atoms with Gasteiger partial charge in [0.2, 0.25) is 0 Å². The molecular weight excluding hydrogens is 428 g/mol. The predicted molar refractivity (Wildman–Crippen MR) is 140 cm³/mol. The molecule has 9 rings (SSSR count). The van der Waals surface area contributed by atoms with Crippen molar-refractivity contribution in [2.45, 2.75) is 12.8 Å². The first-order chi connectivity index (χ1) is 17.3. The maximum atomic E-state index is 5.04. The molecule has 0 amide bonds. The van der Waals surface area contributed by atoms with E-state index in [0.717, 1.165) is 51.3 Å². The molecule has 0 saturated heterocycles. The topological polar surface area (TPSA) is 43.1 Å². The van der Waals surface area contributed by atoms with Crippen LogP contribution in [0.15, 0.2) is 85.3 Å². The van der Waals surface area contributed by atoms with Crippen LogP contribution in [0.2, 0.25) is 0 Å². The molecule has 0 fully saturated rings. The first kappa shape index (κ1) is 17.8. The Morgan fingerprint density at radius 2 is 1.46 bits per heavy atom. The van der Waals surface area contributed by atoms with Gasteiger partial charge in [0.1, 0.15) is 5.65 Å². The third kappa shape index (κ3) is 2.20. The van der Waals surface area contributed by atoms with Crippen molar-refractivity contribution in [2.75, 3.05) is 0 Å². The van der Waals surface area contributed by atoms with Gasteiger partial charge in [-0.3, -0.25) is 14.4 Å². The number of hydrogen-bond acceptors (Lipinski definition) is 3. The SMILES string of the molecule is c1ccc2c(c1)Cc1cc3c(cc1-2)-c1cc2c(cc1C3)c1nc3ccncc3n1c1cccnc21. The lowest BCUT2D eigenvalue weighted by atomic mass is 9.96. The number of fused-ring (bicyclic) bond motifs is 14. The maximum Gasteiger partial charge on any atom is 0.146 e. The molecule has 3 aromatic carbocycles. The molecule has 35 heavy (non-hydrogen) atoms. The van der Waals surface area contributed by atoms with Gasteiger partial charge in [-0.05, 0) is 93.7 Å². The smallest absolute Gasteiger partial charge is 0.146 e. The monoisotopic (exact) mass is 446 g/mol. The van der Waals surface area contributed by atoms with E-state index in [1.54, 1.807) is 0 Å². The van der Waals surface area contributed by atoms with Crippen LogP contribution < -0.4 is 0 Å². The highest BCUT2D eigenvalue weighted by molar-refractivity contribution is 6.14. The van der Waals surface area contributed by atoms with E-state index < -0.39 is 0 Å². The molecule has 0 N–H and O–H groups in total. The maximum absolute atomic E-state index is 5.04. The summed E-state index contributed by atoms with van der Waals surface area (Å²) in [7, 11) is 0. The molecule has 0 spiro atoms. The van der Waals surface area contributed by atoms with Crippen LogP contribution in [0.3, 0.4) is 0 Å². The van der Waals surface area contributed by atoms with Crippen molar-refractivity contribution in [1.29, 1.82) is 0 Å². The fourth-order valence-corrected chi connectivity index (χ4v) is 6.39. The summed E-state index contributed by atoms with van der Waals surface area (Å²) in [4.78, 5) is 14.3. The van der Waals surface area contributed by atoms with E-state index in [9.17, 15) is 0 Å². The minimum atomic E-state index is 0.955. The van der Waals surface area contributed by atoms with Crippen LogP contribution in [-0.2, 0) is 12.8 Å². The highest BCUT2D eigenvalue weighted by Gasteiger charge is 2.26. The van der Waals surface area contributed by atoms with Gasteiger partial charge in [-0.1, -0.05) is 30.3 Å². The van der Waals surface area contributed by atoms with E-state index in [0.29, 0.717) is 0 Å². The molecular formula is C31H18N4. The van der Waals surface area contributed by atoms with E-state index in [2.05, 4.69) is 64.0 Å².